The lowest BCUT2D eigenvalue weighted by atomic mass is 10.1. The van der Waals surface area contributed by atoms with Gasteiger partial charge in [0.2, 0.25) is 11.8 Å². The van der Waals surface area contributed by atoms with Crippen molar-refractivity contribution in [1.82, 2.24) is 15.5 Å². The molecule has 1 heterocycles. The first-order chi connectivity index (χ1) is 7.79. The number of amides is 2. The summed E-state index contributed by atoms with van der Waals surface area (Å²) < 4.78 is 0. The average Bonchev–Trinajstić information content (AvgIpc) is 2.65. The van der Waals surface area contributed by atoms with Crippen LogP contribution in [0.25, 0.3) is 0 Å². The van der Waals surface area contributed by atoms with Crippen LogP contribution in [0.3, 0.4) is 0 Å². The molecular formula is C11H21N3O2S. The number of thioether (sulfide) groups is 1. The lowest BCUT2D eigenvalue weighted by Gasteiger charge is -2.24. The molecule has 1 fully saturated rings. The maximum atomic E-state index is 11.9. The van der Waals surface area contributed by atoms with Crippen LogP contribution in [0.5, 0.6) is 0 Å². The molecule has 98 valence electrons. The molecule has 1 unspecified atom stereocenters. The Morgan fingerprint density at radius 1 is 1.47 bits per heavy atom. The zero-order chi connectivity index (χ0) is 13.1. The molecule has 2 N–H and O–H groups in total. The number of hydrogen-bond acceptors (Lipinski definition) is 4. The largest absolute Gasteiger partial charge is 0.350 e. The van der Waals surface area contributed by atoms with Crippen molar-refractivity contribution in [1.29, 1.82) is 0 Å². The van der Waals surface area contributed by atoms with Crippen LogP contribution in [-0.2, 0) is 9.59 Å². The van der Waals surface area contributed by atoms with E-state index in [1.54, 1.807) is 18.8 Å². The molecule has 6 heteroatoms. The molecule has 1 rings (SSSR count). The predicted molar refractivity (Wildman–Crippen MR) is 69.8 cm³/mol. The fraction of sp³-hybridized carbons (Fsp3) is 0.818. The van der Waals surface area contributed by atoms with Gasteiger partial charge in [-0.1, -0.05) is 0 Å². The van der Waals surface area contributed by atoms with Crippen molar-refractivity contribution in [2.75, 3.05) is 25.2 Å². The Morgan fingerprint density at radius 3 is 2.59 bits per heavy atom. The molecular weight excluding hydrogens is 238 g/mol. The summed E-state index contributed by atoms with van der Waals surface area (Å²) in [6, 6.07) is -0.146. The lowest BCUT2D eigenvalue weighted by molar-refractivity contribution is -0.136. The Labute approximate surface area is 107 Å². The highest BCUT2D eigenvalue weighted by Gasteiger charge is 2.26. The van der Waals surface area contributed by atoms with Crippen LogP contribution in [0.4, 0.5) is 0 Å². The number of carbonyl (C=O) groups is 2. The highest BCUT2D eigenvalue weighted by molar-refractivity contribution is 7.99. The molecule has 0 bridgehead atoms. The maximum absolute atomic E-state index is 11.9. The molecule has 0 spiro atoms. The van der Waals surface area contributed by atoms with Gasteiger partial charge in [-0.2, -0.15) is 0 Å². The summed E-state index contributed by atoms with van der Waals surface area (Å²) >= 11 is 1.70. The summed E-state index contributed by atoms with van der Waals surface area (Å²) in [4.78, 5) is 25.1. The van der Waals surface area contributed by atoms with Crippen molar-refractivity contribution in [2.45, 2.75) is 32.4 Å². The number of nitrogens with one attached hydrogen (secondary N) is 2. The van der Waals surface area contributed by atoms with Crippen molar-refractivity contribution in [2.24, 2.45) is 0 Å². The summed E-state index contributed by atoms with van der Waals surface area (Å²) in [5, 5.41) is 5.94. The van der Waals surface area contributed by atoms with Crippen molar-refractivity contribution in [3.05, 3.63) is 0 Å². The second kappa shape index (κ2) is 5.73. The molecule has 1 saturated heterocycles. The molecule has 0 aromatic carbocycles. The third-order valence-corrected chi connectivity index (χ3v) is 3.23. The smallest absolute Gasteiger partial charge is 0.240 e. The standard InChI is InChI=1S/C11H21N3O2S/c1-11(2,3)13-9(15)5-14(4)10(16)8-6-17-7-12-8/h8,12H,5-7H2,1-4H3,(H,13,15). The Morgan fingerprint density at radius 2 is 2.12 bits per heavy atom. The summed E-state index contributed by atoms with van der Waals surface area (Å²) in [6.45, 7) is 5.87. The molecule has 5 nitrogen and oxygen atoms in total. The number of likely N-dealkylation sites (N-methyl/N-ethyl adjacent to an activating group) is 1. The van der Waals surface area contributed by atoms with Crippen molar-refractivity contribution < 1.29 is 9.59 Å². The second-order valence-electron chi connectivity index (χ2n) is 5.26. The minimum Gasteiger partial charge on any atom is -0.350 e. The van der Waals surface area contributed by atoms with Gasteiger partial charge in [-0.15, -0.1) is 11.8 Å². The van der Waals surface area contributed by atoms with Crippen molar-refractivity contribution >= 4 is 23.6 Å². The molecule has 1 atom stereocenters. The fourth-order valence-corrected chi connectivity index (χ4v) is 2.50. The van der Waals surface area contributed by atoms with Crippen LogP contribution in [0.15, 0.2) is 0 Å². The third kappa shape index (κ3) is 4.95. The van der Waals surface area contributed by atoms with E-state index in [1.165, 1.54) is 4.90 Å². The first-order valence-electron chi connectivity index (χ1n) is 5.67. The Balaban J connectivity index is 2.40. The van der Waals surface area contributed by atoms with Gasteiger partial charge in [-0.05, 0) is 20.8 Å². The molecule has 0 aromatic heterocycles. The highest BCUT2D eigenvalue weighted by Crippen LogP contribution is 2.11. The number of carbonyl (C=O) groups excluding carboxylic acids is 2. The van der Waals surface area contributed by atoms with Gasteiger partial charge in [0.15, 0.2) is 0 Å². The molecule has 0 saturated carbocycles. The average molecular weight is 259 g/mol. The summed E-state index contributed by atoms with van der Waals surface area (Å²) in [7, 11) is 1.66. The van der Waals surface area contributed by atoms with Gasteiger partial charge in [0.25, 0.3) is 0 Å². The van der Waals surface area contributed by atoms with Gasteiger partial charge in [0, 0.05) is 24.2 Å². The highest BCUT2D eigenvalue weighted by atomic mass is 32.2. The predicted octanol–water partition coefficient (Wildman–Crippen LogP) is 0.0220. The zero-order valence-electron chi connectivity index (χ0n) is 10.9. The van der Waals surface area contributed by atoms with Crippen LogP contribution in [0.1, 0.15) is 20.8 Å². The Kier molecular flexibility index (Phi) is 4.82. The normalized spacial score (nSPS) is 20.1. The SMILES string of the molecule is CN(CC(=O)NC(C)(C)C)C(=O)C1CSCN1. The molecule has 1 aliphatic rings. The van der Waals surface area contributed by atoms with E-state index in [0.29, 0.717) is 0 Å². The van der Waals surface area contributed by atoms with E-state index < -0.39 is 0 Å². The molecule has 2 amide bonds. The summed E-state index contributed by atoms with van der Waals surface area (Å²) in [5.41, 5.74) is -0.261. The molecule has 0 aromatic rings. The minimum absolute atomic E-state index is 0.0148. The second-order valence-corrected chi connectivity index (χ2v) is 6.29. The molecule has 1 aliphatic heterocycles. The summed E-state index contributed by atoms with van der Waals surface area (Å²) in [5.74, 6) is 1.45. The summed E-state index contributed by atoms with van der Waals surface area (Å²) in [6.07, 6.45) is 0. The van der Waals surface area contributed by atoms with Gasteiger partial charge in [-0.25, -0.2) is 0 Å². The van der Waals surface area contributed by atoms with Gasteiger partial charge in [0.05, 0.1) is 12.6 Å². The van der Waals surface area contributed by atoms with Crippen molar-refractivity contribution in [3.8, 4) is 0 Å². The maximum Gasteiger partial charge on any atom is 0.240 e. The van der Waals surface area contributed by atoms with E-state index in [1.807, 2.05) is 20.8 Å². The first-order valence-corrected chi connectivity index (χ1v) is 6.82. The van der Waals surface area contributed by atoms with E-state index >= 15 is 0 Å². The van der Waals surface area contributed by atoms with Crippen LogP contribution in [0.2, 0.25) is 0 Å². The van der Waals surface area contributed by atoms with E-state index in [9.17, 15) is 9.59 Å². The van der Waals surface area contributed by atoms with Crippen LogP contribution in [0, 0.1) is 0 Å². The van der Waals surface area contributed by atoms with Crippen molar-refractivity contribution in [3.63, 3.8) is 0 Å². The minimum atomic E-state index is -0.261. The lowest BCUT2D eigenvalue weighted by Crippen LogP contribution is -2.49. The number of hydrogen-bond donors (Lipinski definition) is 2. The number of nitrogens with zero attached hydrogens (tertiary/aromatic N) is 1. The quantitative estimate of drug-likeness (QED) is 0.750. The van der Waals surface area contributed by atoms with Crippen LogP contribution >= 0.6 is 11.8 Å². The van der Waals surface area contributed by atoms with E-state index in [-0.39, 0.29) is 29.9 Å². The molecule has 0 aliphatic carbocycles. The van der Waals surface area contributed by atoms with E-state index in [2.05, 4.69) is 10.6 Å². The van der Waals surface area contributed by atoms with Gasteiger partial charge >= 0.3 is 0 Å². The third-order valence-electron chi connectivity index (χ3n) is 2.29. The first kappa shape index (κ1) is 14.3. The topological polar surface area (TPSA) is 61.4 Å². The van der Waals surface area contributed by atoms with Gasteiger partial charge in [0.1, 0.15) is 0 Å². The van der Waals surface area contributed by atoms with Crippen LogP contribution < -0.4 is 10.6 Å². The molecule has 17 heavy (non-hydrogen) atoms. The van der Waals surface area contributed by atoms with E-state index in [4.69, 9.17) is 0 Å². The van der Waals surface area contributed by atoms with Gasteiger partial charge in [-0.3, -0.25) is 14.9 Å². The van der Waals surface area contributed by atoms with E-state index in [0.717, 1.165) is 11.6 Å². The van der Waals surface area contributed by atoms with Crippen LogP contribution in [-0.4, -0.2) is 53.5 Å². The zero-order valence-corrected chi connectivity index (χ0v) is 11.7. The Bertz CT molecular complexity index is 296. The Hall–Kier alpha value is -0.750. The monoisotopic (exact) mass is 259 g/mol. The van der Waals surface area contributed by atoms with Gasteiger partial charge < -0.3 is 10.2 Å². The number of rotatable bonds is 3. The molecule has 0 radical (unpaired) electrons. The fourth-order valence-electron chi connectivity index (χ4n) is 1.57.